The zero-order valence-electron chi connectivity index (χ0n) is 11.6. The summed E-state index contributed by atoms with van der Waals surface area (Å²) in [6.07, 6.45) is 6.26. The van der Waals surface area contributed by atoms with Crippen LogP contribution >= 0.6 is 0 Å². The molecule has 0 amide bonds. The molecule has 110 valence electrons. The van der Waals surface area contributed by atoms with E-state index >= 15 is 0 Å². The van der Waals surface area contributed by atoms with Crippen molar-refractivity contribution in [2.75, 3.05) is 6.61 Å². The molecule has 0 spiro atoms. The molecule has 1 aromatic heterocycles. The number of hydrogen-bond acceptors (Lipinski definition) is 5. The molecule has 0 saturated heterocycles. The molecule has 1 aromatic rings. The molecule has 1 heterocycles. The zero-order valence-corrected chi connectivity index (χ0v) is 11.6. The van der Waals surface area contributed by atoms with Gasteiger partial charge in [-0.15, -0.1) is 0 Å². The minimum absolute atomic E-state index is 0.0747. The van der Waals surface area contributed by atoms with Gasteiger partial charge in [0.25, 0.3) is 0 Å². The van der Waals surface area contributed by atoms with E-state index in [-0.39, 0.29) is 24.9 Å². The highest BCUT2D eigenvalue weighted by Gasteiger charge is 2.20. The number of esters is 1. The Hall–Kier alpha value is -1.92. The predicted octanol–water partition coefficient (Wildman–Crippen LogP) is 2.22. The van der Waals surface area contributed by atoms with Crippen molar-refractivity contribution in [3.63, 3.8) is 0 Å². The van der Waals surface area contributed by atoms with Gasteiger partial charge in [-0.2, -0.15) is 0 Å². The summed E-state index contributed by atoms with van der Waals surface area (Å²) >= 11 is 0. The molecule has 0 aliphatic heterocycles. The fraction of sp³-hybridized carbons (Fsp3) is 0.692. The molecule has 7 heteroatoms. The predicted molar refractivity (Wildman–Crippen MR) is 71.2 cm³/mol. The van der Waals surface area contributed by atoms with Crippen LogP contribution in [0, 0.1) is 23.0 Å². The molecule has 1 aliphatic carbocycles. The fourth-order valence-corrected chi connectivity index (χ4v) is 2.64. The topological polar surface area (TPSA) is 87.3 Å². The summed E-state index contributed by atoms with van der Waals surface area (Å²) in [6.45, 7) is 2.09. The number of rotatable bonds is 6. The molecule has 2 rings (SSSR count). The van der Waals surface area contributed by atoms with Gasteiger partial charge in [0, 0.05) is 13.3 Å². The Bertz CT molecular complexity index is 492. The zero-order chi connectivity index (χ0) is 14.5. The Morgan fingerprint density at radius 3 is 2.90 bits per heavy atom. The van der Waals surface area contributed by atoms with E-state index in [0.29, 0.717) is 18.2 Å². The first kappa shape index (κ1) is 14.5. The smallest absolute Gasteiger partial charge is 0.342 e. The normalized spacial score (nSPS) is 15.4. The molecule has 0 radical (unpaired) electrons. The summed E-state index contributed by atoms with van der Waals surface area (Å²) in [5.41, 5.74) is 0. The monoisotopic (exact) mass is 281 g/mol. The van der Waals surface area contributed by atoms with Crippen LogP contribution in [0.5, 0.6) is 0 Å². The minimum atomic E-state index is -0.486. The Kier molecular flexibility index (Phi) is 4.70. The van der Waals surface area contributed by atoms with Crippen molar-refractivity contribution in [1.29, 1.82) is 0 Å². The SMILES string of the molecule is Cc1ncc([N+](=O)[O-])n1CCOC(=O)CC1CCCC1. The highest BCUT2D eigenvalue weighted by atomic mass is 16.6. The number of hydrogen-bond donors (Lipinski definition) is 0. The van der Waals surface area contributed by atoms with Crippen molar-refractivity contribution in [3.8, 4) is 0 Å². The summed E-state index contributed by atoms with van der Waals surface area (Å²) in [5.74, 6) is 0.710. The Morgan fingerprint density at radius 1 is 1.55 bits per heavy atom. The molecular formula is C13H19N3O4. The van der Waals surface area contributed by atoms with Crippen LogP contribution in [0.3, 0.4) is 0 Å². The minimum Gasteiger partial charge on any atom is -0.461 e. The second-order valence-electron chi connectivity index (χ2n) is 5.15. The van der Waals surface area contributed by atoms with E-state index in [1.807, 2.05) is 0 Å². The number of aromatic nitrogens is 2. The van der Waals surface area contributed by atoms with Crippen LogP contribution in [0.1, 0.15) is 37.9 Å². The van der Waals surface area contributed by atoms with Gasteiger partial charge in [-0.1, -0.05) is 12.8 Å². The van der Waals surface area contributed by atoms with Gasteiger partial charge in [-0.25, -0.2) is 9.55 Å². The Morgan fingerprint density at radius 2 is 2.25 bits per heavy atom. The fourth-order valence-electron chi connectivity index (χ4n) is 2.64. The molecule has 7 nitrogen and oxygen atoms in total. The molecule has 0 atom stereocenters. The molecule has 20 heavy (non-hydrogen) atoms. The number of carbonyl (C=O) groups excluding carboxylic acids is 1. The van der Waals surface area contributed by atoms with Crippen molar-refractivity contribution in [2.45, 2.75) is 45.6 Å². The van der Waals surface area contributed by atoms with Crippen molar-refractivity contribution < 1.29 is 14.5 Å². The maximum absolute atomic E-state index is 11.7. The molecule has 1 saturated carbocycles. The summed E-state index contributed by atoms with van der Waals surface area (Å²) in [4.78, 5) is 25.9. The molecule has 0 N–H and O–H groups in total. The van der Waals surface area contributed by atoms with Crippen molar-refractivity contribution in [3.05, 3.63) is 22.1 Å². The second-order valence-corrected chi connectivity index (χ2v) is 5.15. The number of ether oxygens (including phenoxy) is 1. The number of aryl methyl sites for hydroxylation is 1. The van der Waals surface area contributed by atoms with E-state index in [9.17, 15) is 14.9 Å². The quantitative estimate of drug-likeness (QED) is 0.453. The number of nitro groups is 1. The van der Waals surface area contributed by atoms with Crippen LogP contribution < -0.4 is 0 Å². The van der Waals surface area contributed by atoms with E-state index in [4.69, 9.17) is 4.74 Å². The van der Waals surface area contributed by atoms with Gasteiger partial charge in [0.05, 0.1) is 0 Å². The molecule has 0 aromatic carbocycles. The lowest BCUT2D eigenvalue weighted by atomic mass is 10.1. The maximum Gasteiger partial charge on any atom is 0.342 e. The third-order valence-electron chi connectivity index (χ3n) is 3.73. The van der Waals surface area contributed by atoms with Gasteiger partial charge >= 0.3 is 11.8 Å². The lowest BCUT2D eigenvalue weighted by Gasteiger charge is -2.08. The van der Waals surface area contributed by atoms with Crippen molar-refractivity contribution >= 4 is 11.8 Å². The first-order valence-electron chi connectivity index (χ1n) is 6.90. The van der Waals surface area contributed by atoms with Gasteiger partial charge < -0.3 is 14.9 Å². The summed E-state index contributed by atoms with van der Waals surface area (Å²) in [7, 11) is 0. The molecular weight excluding hydrogens is 262 g/mol. The van der Waals surface area contributed by atoms with Gasteiger partial charge in [0.15, 0.2) is 5.82 Å². The average molecular weight is 281 g/mol. The van der Waals surface area contributed by atoms with E-state index < -0.39 is 4.92 Å². The third-order valence-corrected chi connectivity index (χ3v) is 3.73. The summed E-state index contributed by atoms with van der Waals surface area (Å²) in [6, 6.07) is 0. The first-order chi connectivity index (χ1) is 9.58. The number of nitrogens with zero attached hydrogens (tertiary/aromatic N) is 3. The standard InChI is InChI=1S/C13H19N3O4/c1-10-14-9-12(16(18)19)15(10)6-7-20-13(17)8-11-4-2-3-5-11/h9,11H,2-8H2,1H3. The van der Waals surface area contributed by atoms with Crippen molar-refractivity contribution in [1.82, 2.24) is 9.55 Å². The van der Waals surface area contributed by atoms with E-state index in [2.05, 4.69) is 4.98 Å². The van der Waals surface area contributed by atoms with Crippen LogP contribution in [0.15, 0.2) is 6.20 Å². The van der Waals surface area contributed by atoms with E-state index in [1.165, 1.54) is 23.6 Å². The van der Waals surface area contributed by atoms with Crippen molar-refractivity contribution in [2.24, 2.45) is 5.92 Å². The van der Waals surface area contributed by atoms with Gasteiger partial charge in [0.1, 0.15) is 19.3 Å². The van der Waals surface area contributed by atoms with Crippen LogP contribution in [-0.2, 0) is 16.1 Å². The number of imidazole rings is 1. The molecule has 0 unspecified atom stereocenters. The lowest BCUT2D eigenvalue weighted by Crippen LogP contribution is -2.15. The average Bonchev–Trinajstić information content (AvgIpc) is 3.00. The van der Waals surface area contributed by atoms with Gasteiger partial charge in [-0.05, 0) is 23.7 Å². The highest BCUT2D eigenvalue weighted by Crippen LogP contribution is 2.27. The third kappa shape index (κ3) is 3.55. The molecule has 1 aliphatic rings. The van der Waals surface area contributed by atoms with Crippen LogP contribution in [0.25, 0.3) is 0 Å². The number of carbonyl (C=O) groups is 1. The first-order valence-corrected chi connectivity index (χ1v) is 6.90. The van der Waals surface area contributed by atoms with Gasteiger partial charge in [0.2, 0.25) is 0 Å². The largest absolute Gasteiger partial charge is 0.461 e. The maximum atomic E-state index is 11.7. The Balaban J connectivity index is 1.79. The highest BCUT2D eigenvalue weighted by molar-refractivity contribution is 5.69. The lowest BCUT2D eigenvalue weighted by molar-refractivity contribution is -0.392. The van der Waals surface area contributed by atoms with Crippen LogP contribution in [-0.4, -0.2) is 27.1 Å². The second kappa shape index (κ2) is 6.49. The van der Waals surface area contributed by atoms with E-state index in [1.54, 1.807) is 6.92 Å². The van der Waals surface area contributed by atoms with Crippen LogP contribution in [0.4, 0.5) is 5.82 Å². The van der Waals surface area contributed by atoms with Gasteiger partial charge in [-0.3, -0.25) is 4.79 Å². The summed E-state index contributed by atoms with van der Waals surface area (Å²) in [5, 5.41) is 10.8. The molecule has 1 fully saturated rings. The summed E-state index contributed by atoms with van der Waals surface area (Å²) < 4.78 is 6.60. The Labute approximate surface area is 117 Å². The van der Waals surface area contributed by atoms with E-state index in [0.717, 1.165) is 12.8 Å². The molecule has 0 bridgehead atoms. The van der Waals surface area contributed by atoms with Crippen LogP contribution in [0.2, 0.25) is 0 Å².